The van der Waals surface area contributed by atoms with Crippen molar-refractivity contribution in [2.75, 3.05) is 5.73 Å². The Labute approximate surface area is 146 Å². The van der Waals surface area contributed by atoms with Gasteiger partial charge in [-0.25, -0.2) is 8.78 Å². The number of rotatable bonds is 5. The first-order chi connectivity index (χ1) is 12.0. The van der Waals surface area contributed by atoms with Crippen LogP contribution in [0.4, 0.5) is 14.5 Å². The van der Waals surface area contributed by atoms with Gasteiger partial charge in [-0.3, -0.25) is 5.32 Å². The molecule has 3 rings (SSSR count). The number of nitrogens with one attached hydrogen (secondary N) is 1. The molecule has 0 amide bonds. The molecule has 0 fully saturated rings. The smallest absolute Gasteiger partial charge is 0.126 e. The van der Waals surface area contributed by atoms with Gasteiger partial charge in [0.1, 0.15) is 11.6 Å². The van der Waals surface area contributed by atoms with E-state index in [1.165, 1.54) is 12.1 Å². The lowest BCUT2D eigenvalue weighted by Gasteiger charge is -2.25. The Morgan fingerprint density at radius 1 is 0.760 bits per heavy atom. The van der Waals surface area contributed by atoms with E-state index in [4.69, 9.17) is 5.73 Å². The maximum absolute atomic E-state index is 13.5. The number of benzene rings is 3. The first-order valence-electron chi connectivity index (χ1n) is 8.15. The van der Waals surface area contributed by atoms with Crippen LogP contribution >= 0.6 is 0 Å². The largest absolute Gasteiger partial charge is 0.399 e. The predicted octanol–water partition coefficient (Wildman–Crippen LogP) is 4.99. The molecule has 4 heteroatoms. The molecule has 25 heavy (non-hydrogen) atoms. The molecule has 0 aromatic heterocycles. The molecule has 0 radical (unpaired) electrons. The number of hydrogen-bond acceptors (Lipinski definition) is 2. The second-order valence-electron chi connectivity index (χ2n) is 6.10. The minimum Gasteiger partial charge on any atom is -0.399 e. The monoisotopic (exact) mass is 338 g/mol. The number of nitrogens with two attached hydrogens (primary N) is 1. The summed E-state index contributed by atoms with van der Waals surface area (Å²) < 4.78 is 27.1. The Morgan fingerprint density at radius 2 is 1.40 bits per heavy atom. The van der Waals surface area contributed by atoms with Crippen molar-refractivity contribution >= 4 is 5.69 Å². The first kappa shape index (κ1) is 17.1. The van der Waals surface area contributed by atoms with Crippen LogP contribution in [0.25, 0.3) is 0 Å². The van der Waals surface area contributed by atoms with Gasteiger partial charge >= 0.3 is 0 Å². The Morgan fingerprint density at radius 3 is 2.04 bits per heavy atom. The summed E-state index contributed by atoms with van der Waals surface area (Å²) in [5, 5.41) is 3.46. The predicted molar refractivity (Wildman–Crippen MR) is 97.0 cm³/mol. The van der Waals surface area contributed by atoms with Crippen LogP contribution in [0.1, 0.15) is 35.7 Å². The average Bonchev–Trinajstić information content (AvgIpc) is 2.59. The zero-order valence-electron chi connectivity index (χ0n) is 13.9. The Bertz CT molecular complexity index is 829. The normalized spacial score (nSPS) is 13.4. The molecule has 3 N–H and O–H groups in total. The summed E-state index contributed by atoms with van der Waals surface area (Å²) in [7, 11) is 0. The number of halogens is 2. The van der Waals surface area contributed by atoms with Gasteiger partial charge in [0.25, 0.3) is 0 Å². The fraction of sp³-hybridized carbons (Fsp3) is 0.143. The Balaban J connectivity index is 1.95. The summed E-state index contributed by atoms with van der Waals surface area (Å²) in [4.78, 5) is 0. The van der Waals surface area contributed by atoms with Crippen LogP contribution in [0.3, 0.4) is 0 Å². The summed E-state index contributed by atoms with van der Waals surface area (Å²) in [6.07, 6.45) is 0. The number of anilines is 1. The quantitative estimate of drug-likeness (QED) is 0.643. The molecule has 0 heterocycles. The SMILES string of the molecule is CC(NC(c1ccccc1)c1cccc(N)c1)c1cc(F)cc(F)c1. The van der Waals surface area contributed by atoms with Crippen LogP contribution in [0.5, 0.6) is 0 Å². The zero-order valence-corrected chi connectivity index (χ0v) is 13.9. The van der Waals surface area contributed by atoms with Crippen LogP contribution in [-0.2, 0) is 0 Å². The minimum absolute atomic E-state index is 0.147. The standard InChI is InChI=1S/C21H20F2N2/c1-14(17-10-18(22)13-19(23)11-17)25-21(15-6-3-2-4-7-15)16-8-5-9-20(24)12-16/h2-14,21,25H,24H2,1H3. The highest BCUT2D eigenvalue weighted by atomic mass is 19.1. The van der Waals surface area contributed by atoms with E-state index < -0.39 is 11.6 Å². The zero-order chi connectivity index (χ0) is 17.8. The average molecular weight is 338 g/mol. The number of hydrogen-bond donors (Lipinski definition) is 2. The van der Waals surface area contributed by atoms with Gasteiger partial charge in [-0.05, 0) is 47.9 Å². The molecule has 2 nitrogen and oxygen atoms in total. The van der Waals surface area contributed by atoms with Crippen molar-refractivity contribution in [2.45, 2.75) is 19.0 Å². The maximum Gasteiger partial charge on any atom is 0.126 e. The lowest BCUT2D eigenvalue weighted by Crippen LogP contribution is -2.26. The topological polar surface area (TPSA) is 38.0 Å². The van der Waals surface area contributed by atoms with Gasteiger partial charge < -0.3 is 5.73 Å². The minimum atomic E-state index is -0.580. The molecule has 0 saturated carbocycles. The fourth-order valence-corrected chi connectivity index (χ4v) is 2.94. The van der Waals surface area contributed by atoms with Crippen LogP contribution in [0.15, 0.2) is 72.8 Å². The van der Waals surface area contributed by atoms with Crippen molar-refractivity contribution in [3.05, 3.63) is 101 Å². The van der Waals surface area contributed by atoms with E-state index in [0.717, 1.165) is 17.2 Å². The van der Waals surface area contributed by atoms with Crippen LogP contribution < -0.4 is 11.1 Å². The van der Waals surface area contributed by atoms with Gasteiger partial charge in [0.05, 0.1) is 6.04 Å². The molecule has 2 atom stereocenters. The second-order valence-corrected chi connectivity index (χ2v) is 6.10. The van der Waals surface area contributed by atoms with Crippen molar-refractivity contribution < 1.29 is 8.78 Å². The van der Waals surface area contributed by atoms with E-state index in [-0.39, 0.29) is 12.1 Å². The van der Waals surface area contributed by atoms with Gasteiger partial charge in [0, 0.05) is 17.8 Å². The second kappa shape index (κ2) is 7.45. The fourth-order valence-electron chi connectivity index (χ4n) is 2.94. The van der Waals surface area contributed by atoms with Crippen molar-refractivity contribution in [1.29, 1.82) is 0 Å². The lowest BCUT2D eigenvalue weighted by atomic mass is 9.96. The van der Waals surface area contributed by atoms with E-state index in [9.17, 15) is 8.78 Å². The van der Waals surface area contributed by atoms with Gasteiger partial charge in [-0.15, -0.1) is 0 Å². The Hall–Kier alpha value is -2.72. The lowest BCUT2D eigenvalue weighted by molar-refractivity contribution is 0.506. The highest BCUT2D eigenvalue weighted by Crippen LogP contribution is 2.27. The molecule has 0 aliphatic heterocycles. The molecule has 0 aliphatic rings. The van der Waals surface area contributed by atoms with Gasteiger partial charge in [-0.1, -0.05) is 42.5 Å². The summed E-state index contributed by atoms with van der Waals surface area (Å²) >= 11 is 0. The highest BCUT2D eigenvalue weighted by Gasteiger charge is 2.18. The van der Waals surface area contributed by atoms with Crippen molar-refractivity contribution in [2.24, 2.45) is 0 Å². The van der Waals surface area contributed by atoms with E-state index in [2.05, 4.69) is 5.32 Å². The van der Waals surface area contributed by atoms with E-state index >= 15 is 0 Å². The van der Waals surface area contributed by atoms with Crippen molar-refractivity contribution in [3.8, 4) is 0 Å². The Kier molecular flexibility index (Phi) is 5.10. The van der Waals surface area contributed by atoms with Crippen LogP contribution in [0, 0.1) is 11.6 Å². The van der Waals surface area contributed by atoms with E-state index in [1.54, 1.807) is 0 Å². The molecule has 3 aromatic rings. The van der Waals surface area contributed by atoms with Gasteiger partial charge in [-0.2, -0.15) is 0 Å². The molecular weight excluding hydrogens is 318 g/mol. The maximum atomic E-state index is 13.5. The number of nitrogen functional groups attached to an aromatic ring is 1. The third-order valence-electron chi connectivity index (χ3n) is 4.18. The molecule has 128 valence electrons. The summed E-state index contributed by atoms with van der Waals surface area (Å²) in [5.41, 5.74) is 9.21. The van der Waals surface area contributed by atoms with Gasteiger partial charge in [0.2, 0.25) is 0 Å². The highest BCUT2D eigenvalue weighted by molar-refractivity contribution is 5.44. The molecular formula is C21H20F2N2. The molecule has 3 aromatic carbocycles. The summed E-state index contributed by atoms with van der Waals surface area (Å²) in [5.74, 6) is -1.16. The van der Waals surface area contributed by atoms with E-state index in [0.29, 0.717) is 11.3 Å². The summed E-state index contributed by atoms with van der Waals surface area (Å²) in [6.45, 7) is 1.89. The summed E-state index contributed by atoms with van der Waals surface area (Å²) in [6, 6.07) is 20.7. The van der Waals surface area contributed by atoms with Crippen LogP contribution in [0.2, 0.25) is 0 Å². The van der Waals surface area contributed by atoms with Crippen molar-refractivity contribution in [1.82, 2.24) is 5.32 Å². The molecule has 2 unspecified atom stereocenters. The van der Waals surface area contributed by atoms with E-state index in [1.807, 2.05) is 61.5 Å². The molecule has 0 bridgehead atoms. The molecule has 0 aliphatic carbocycles. The van der Waals surface area contributed by atoms with Crippen LogP contribution in [-0.4, -0.2) is 0 Å². The molecule has 0 saturated heterocycles. The first-order valence-corrected chi connectivity index (χ1v) is 8.15. The van der Waals surface area contributed by atoms with Gasteiger partial charge in [0.15, 0.2) is 0 Å². The molecule has 0 spiro atoms. The third-order valence-corrected chi connectivity index (χ3v) is 4.18. The third kappa shape index (κ3) is 4.22. The van der Waals surface area contributed by atoms with Crippen molar-refractivity contribution in [3.63, 3.8) is 0 Å².